The molecule has 3 rings (SSSR count). The third-order valence-electron chi connectivity index (χ3n) is 4.64. The maximum absolute atomic E-state index is 4.64. The number of aryl methyl sites for hydroxylation is 1. The van der Waals surface area contributed by atoms with E-state index in [0.29, 0.717) is 6.04 Å². The van der Waals surface area contributed by atoms with Crippen molar-refractivity contribution >= 4 is 5.82 Å². The van der Waals surface area contributed by atoms with Gasteiger partial charge in [0, 0.05) is 31.5 Å². The Morgan fingerprint density at radius 2 is 2.04 bits per heavy atom. The van der Waals surface area contributed by atoms with Crippen LogP contribution >= 0.6 is 0 Å². The second kappa shape index (κ2) is 8.06. The lowest BCUT2D eigenvalue weighted by Gasteiger charge is -2.35. The molecule has 122 valence electrons. The maximum Gasteiger partial charge on any atom is 0.125 e. The summed E-state index contributed by atoms with van der Waals surface area (Å²) in [5, 5.41) is 3.12. The van der Waals surface area contributed by atoms with Gasteiger partial charge in [0.15, 0.2) is 0 Å². The number of nitrogens with zero attached hydrogens (tertiary/aromatic N) is 3. The van der Waals surface area contributed by atoms with E-state index in [-0.39, 0.29) is 0 Å². The summed E-state index contributed by atoms with van der Waals surface area (Å²) < 4.78 is 0. The van der Waals surface area contributed by atoms with Crippen LogP contribution in [0, 0.1) is 0 Å². The summed E-state index contributed by atoms with van der Waals surface area (Å²) in [6, 6.07) is 13.1. The fourth-order valence-corrected chi connectivity index (χ4v) is 3.37. The summed E-state index contributed by atoms with van der Waals surface area (Å²) in [7, 11) is 1.92. The summed E-state index contributed by atoms with van der Waals surface area (Å²) in [6.45, 7) is 2.15. The number of hydrogen-bond acceptors (Lipinski definition) is 4. The molecule has 23 heavy (non-hydrogen) atoms. The van der Waals surface area contributed by atoms with E-state index in [1.54, 1.807) is 0 Å². The van der Waals surface area contributed by atoms with Crippen molar-refractivity contribution in [2.75, 3.05) is 18.9 Å². The molecule has 0 aliphatic carbocycles. The van der Waals surface area contributed by atoms with Gasteiger partial charge in [0.1, 0.15) is 5.82 Å². The number of rotatable bonds is 6. The van der Waals surface area contributed by atoms with Gasteiger partial charge in [-0.1, -0.05) is 18.6 Å². The highest BCUT2D eigenvalue weighted by Gasteiger charge is 2.22. The zero-order valence-electron chi connectivity index (χ0n) is 13.9. The third-order valence-corrected chi connectivity index (χ3v) is 4.64. The second-order valence-electron chi connectivity index (χ2n) is 6.24. The molecule has 2 aromatic heterocycles. The molecule has 0 aromatic carbocycles. The largest absolute Gasteiger partial charge is 0.373 e. The van der Waals surface area contributed by atoms with E-state index in [2.05, 4.69) is 44.5 Å². The lowest BCUT2D eigenvalue weighted by Crippen LogP contribution is -2.39. The Hall–Kier alpha value is -1.94. The average Bonchev–Trinajstić information content (AvgIpc) is 2.62. The minimum absolute atomic E-state index is 0.644. The van der Waals surface area contributed by atoms with Crippen LogP contribution in [0.25, 0.3) is 0 Å². The maximum atomic E-state index is 4.64. The molecule has 0 saturated carbocycles. The van der Waals surface area contributed by atoms with E-state index < -0.39 is 0 Å². The molecule has 0 radical (unpaired) electrons. The topological polar surface area (TPSA) is 41.0 Å². The Morgan fingerprint density at radius 1 is 1.13 bits per heavy atom. The normalized spacial score (nSPS) is 18.7. The summed E-state index contributed by atoms with van der Waals surface area (Å²) in [6.07, 6.45) is 8.04. The standard InChI is InChI=1S/C19H26N4/c1-20-19-10-6-8-16(22-19)11-12-18-9-3-5-14-23(18)15-17-7-2-4-13-21-17/h2,4,6-8,10,13,18H,3,5,9,11-12,14-15H2,1H3,(H,20,22)/t18-/m0/s1. The van der Waals surface area contributed by atoms with Crippen LogP contribution in [0.4, 0.5) is 5.82 Å². The van der Waals surface area contributed by atoms with Crippen LogP contribution in [0.3, 0.4) is 0 Å². The van der Waals surface area contributed by atoms with Gasteiger partial charge in [-0.15, -0.1) is 0 Å². The Balaban J connectivity index is 1.60. The number of nitrogens with one attached hydrogen (secondary N) is 1. The molecule has 1 saturated heterocycles. The summed E-state index contributed by atoms with van der Waals surface area (Å²) in [5.41, 5.74) is 2.36. The van der Waals surface area contributed by atoms with Gasteiger partial charge in [-0.2, -0.15) is 0 Å². The molecule has 1 atom stereocenters. The number of likely N-dealkylation sites (tertiary alicyclic amines) is 1. The van der Waals surface area contributed by atoms with Crippen LogP contribution in [-0.2, 0) is 13.0 Å². The molecule has 0 spiro atoms. The first-order chi connectivity index (χ1) is 11.3. The zero-order valence-corrected chi connectivity index (χ0v) is 13.9. The number of piperidine rings is 1. The molecule has 2 aromatic rings. The SMILES string of the molecule is CNc1cccc(CC[C@@H]2CCCCN2Cc2ccccn2)n1. The molecule has 1 N–H and O–H groups in total. The number of pyridine rings is 2. The van der Waals surface area contributed by atoms with E-state index in [9.17, 15) is 0 Å². The monoisotopic (exact) mass is 310 g/mol. The fraction of sp³-hybridized carbons (Fsp3) is 0.474. The summed E-state index contributed by atoms with van der Waals surface area (Å²) in [4.78, 5) is 11.7. The van der Waals surface area contributed by atoms with Gasteiger partial charge in [0.05, 0.1) is 5.69 Å². The van der Waals surface area contributed by atoms with Crippen molar-refractivity contribution in [1.82, 2.24) is 14.9 Å². The molecule has 4 nitrogen and oxygen atoms in total. The van der Waals surface area contributed by atoms with Gasteiger partial charge < -0.3 is 5.32 Å². The van der Waals surface area contributed by atoms with Crippen LogP contribution in [0.1, 0.15) is 37.1 Å². The van der Waals surface area contributed by atoms with E-state index in [1.165, 1.54) is 43.6 Å². The van der Waals surface area contributed by atoms with Gasteiger partial charge in [0.2, 0.25) is 0 Å². The number of aromatic nitrogens is 2. The number of anilines is 1. The zero-order chi connectivity index (χ0) is 15.9. The highest BCUT2D eigenvalue weighted by Crippen LogP contribution is 2.23. The Labute approximate surface area is 139 Å². The lowest BCUT2D eigenvalue weighted by atomic mass is 9.96. The van der Waals surface area contributed by atoms with E-state index in [4.69, 9.17) is 0 Å². The molecule has 3 heterocycles. The summed E-state index contributed by atoms with van der Waals surface area (Å²) >= 11 is 0. The van der Waals surface area contributed by atoms with Crippen LogP contribution in [0.2, 0.25) is 0 Å². The number of hydrogen-bond donors (Lipinski definition) is 1. The minimum atomic E-state index is 0.644. The van der Waals surface area contributed by atoms with Crippen molar-refractivity contribution in [2.45, 2.75) is 44.7 Å². The first-order valence-corrected chi connectivity index (χ1v) is 8.63. The second-order valence-corrected chi connectivity index (χ2v) is 6.24. The van der Waals surface area contributed by atoms with Gasteiger partial charge >= 0.3 is 0 Å². The third kappa shape index (κ3) is 4.52. The molecular formula is C19H26N4. The van der Waals surface area contributed by atoms with Crippen molar-refractivity contribution in [3.8, 4) is 0 Å². The molecule has 0 unspecified atom stereocenters. The van der Waals surface area contributed by atoms with Crippen molar-refractivity contribution < 1.29 is 0 Å². The van der Waals surface area contributed by atoms with Gasteiger partial charge in [-0.05, 0) is 56.5 Å². The van der Waals surface area contributed by atoms with Crippen LogP contribution in [0.15, 0.2) is 42.6 Å². The molecule has 0 amide bonds. The fourth-order valence-electron chi connectivity index (χ4n) is 3.37. The molecule has 1 aliphatic rings. The van der Waals surface area contributed by atoms with Crippen LogP contribution in [-0.4, -0.2) is 34.5 Å². The summed E-state index contributed by atoms with van der Waals surface area (Å²) in [5.74, 6) is 0.955. The lowest BCUT2D eigenvalue weighted by molar-refractivity contribution is 0.130. The molecule has 0 bridgehead atoms. The van der Waals surface area contributed by atoms with E-state index >= 15 is 0 Å². The highest BCUT2D eigenvalue weighted by atomic mass is 15.2. The van der Waals surface area contributed by atoms with E-state index in [1.807, 2.05) is 25.4 Å². The first-order valence-electron chi connectivity index (χ1n) is 8.63. The Morgan fingerprint density at radius 3 is 2.87 bits per heavy atom. The highest BCUT2D eigenvalue weighted by molar-refractivity contribution is 5.34. The van der Waals surface area contributed by atoms with Gasteiger partial charge in [-0.25, -0.2) is 4.98 Å². The molecule has 4 heteroatoms. The van der Waals surface area contributed by atoms with Crippen molar-refractivity contribution in [3.05, 3.63) is 54.0 Å². The van der Waals surface area contributed by atoms with Gasteiger partial charge in [0.25, 0.3) is 0 Å². The van der Waals surface area contributed by atoms with Gasteiger partial charge in [-0.3, -0.25) is 9.88 Å². The van der Waals surface area contributed by atoms with Crippen LogP contribution in [0.5, 0.6) is 0 Å². The first kappa shape index (κ1) is 15.9. The van der Waals surface area contributed by atoms with Crippen LogP contribution < -0.4 is 5.32 Å². The quantitative estimate of drug-likeness (QED) is 0.886. The van der Waals surface area contributed by atoms with Crippen molar-refractivity contribution in [1.29, 1.82) is 0 Å². The Bertz CT molecular complexity index is 599. The molecule has 1 aliphatic heterocycles. The molecular weight excluding hydrogens is 284 g/mol. The van der Waals surface area contributed by atoms with Crippen molar-refractivity contribution in [2.24, 2.45) is 0 Å². The van der Waals surface area contributed by atoms with Crippen molar-refractivity contribution in [3.63, 3.8) is 0 Å². The molecule has 1 fully saturated rings. The predicted molar refractivity (Wildman–Crippen MR) is 94.4 cm³/mol. The smallest absolute Gasteiger partial charge is 0.125 e. The van der Waals surface area contributed by atoms with E-state index in [0.717, 1.165) is 18.8 Å². The minimum Gasteiger partial charge on any atom is -0.373 e. The predicted octanol–water partition coefficient (Wildman–Crippen LogP) is 3.51. The Kier molecular flexibility index (Phi) is 5.59. The average molecular weight is 310 g/mol.